The molecule has 0 heterocycles. The number of alkyl halides is 3. The summed E-state index contributed by atoms with van der Waals surface area (Å²) in [5.41, 5.74) is 51.3. The van der Waals surface area contributed by atoms with Gasteiger partial charge in [0.1, 0.15) is 28.7 Å². The monoisotopic (exact) mass is 1210 g/mol. The van der Waals surface area contributed by atoms with Gasteiger partial charge in [-0.1, -0.05) is 131 Å². The minimum Gasteiger partial charge on any atom is -0.495 e. The number of nitrogens with two attached hydrogens (primary N) is 8. The number of aryl methyl sites for hydroxylation is 2. The van der Waals surface area contributed by atoms with E-state index in [1.807, 2.05) is 136 Å². The first kappa shape index (κ1) is 68.9. The minimum absolute atomic E-state index is 0.0789. The summed E-state index contributed by atoms with van der Waals surface area (Å²) >= 11 is 28.5. The van der Waals surface area contributed by atoms with Crippen molar-refractivity contribution in [1.82, 2.24) is 0 Å². The number of anilines is 8. The lowest BCUT2D eigenvalue weighted by atomic mass is 10.2. The van der Waals surface area contributed by atoms with Crippen LogP contribution in [-0.2, 0) is 6.18 Å². The molecule has 0 unspecified atom stereocenters. The molecular weight excluding hydrogens is 1140 g/mol. The Morgan fingerprint density at radius 3 is 1.26 bits per heavy atom. The fourth-order valence-corrected chi connectivity index (χ4v) is 6.60. The average Bonchev–Trinajstić information content (AvgIpc) is 3.46. The summed E-state index contributed by atoms with van der Waals surface area (Å²) in [6, 6.07) is 55.5. The van der Waals surface area contributed by atoms with E-state index in [1.165, 1.54) is 20.3 Å². The Hall–Kier alpha value is -8.18. The molecular formula is C61H66Cl5F3N8O4. The van der Waals surface area contributed by atoms with E-state index >= 15 is 0 Å². The molecule has 9 rings (SSSR count). The molecule has 0 atom stereocenters. The first-order valence-corrected chi connectivity index (χ1v) is 25.8. The highest BCUT2D eigenvalue weighted by atomic mass is 35.5. The number of rotatable bonds is 5. The van der Waals surface area contributed by atoms with Crippen molar-refractivity contribution in [2.75, 3.05) is 67.2 Å². The van der Waals surface area contributed by atoms with E-state index in [0.29, 0.717) is 54.4 Å². The number of benzene rings is 9. The van der Waals surface area contributed by atoms with E-state index in [1.54, 1.807) is 67.8 Å². The van der Waals surface area contributed by atoms with Crippen LogP contribution in [0.5, 0.6) is 28.7 Å². The van der Waals surface area contributed by atoms with Crippen molar-refractivity contribution in [3.63, 3.8) is 0 Å². The van der Waals surface area contributed by atoms with Crippen LogP contribution in [0.25, 0.3) is 0 Å². The number of ether oxygens (including phenoxy) is 4. The maximum atomic E-state index is 12.5. The number of hydrogen-bond acceptors (Lipinski definition) is 12. The summed E-state index contributed by atoms with van der Waals surface area (Å²) in [7, 11) is 4.67. The molecule has 0 radical (unpaired) electrons. The molecule has 0 saturated heterocycles. The van der Waals surface area contributed by atoms with Crippen molar-refractivity contribution >= 4 is 104 Å². The SMILES string of the molecule is COc1cc(Cl)c(OC)cc1N.COc1ccccc1N.Cc1c(N)cccc1Cl.Cc1ccc(Cl)cc1N.Cc1ccccc1N.Nc1cc(C(F)(F)F)ccc1Oc1ccc(Cl)cc1.Nc1ccccc1.Nc1ccccc1Cl. The summed E-state index contributed by atoms with van der Waals surface area (Å²) in [5, 5.41) is 3.07. The summed E-state index contributed by atoms with van der Waals surface area (Å²) in [5.74, 6) is 2.44. The highest BCUT2D eigenvalue weighted by molar-refractivity contribution is 6.33. The first-order valence-electron chi connectivity index (χ1n) is 23.9. The van der Waals surface area contributed by atoms with Gasteiger partial charge >= 0.3 is 6.18 Å². The van der Waals surface area contributed by atoms with Crippen LogP contribution >= 0.6 is 58.0 Å². The van der Waals surface area contributed by atoms with Gasteiger partial charge in [-0.15, -0.1) is 0 Å². The Labute approximate surface area is 497 Å². The zero-order valence-electron chi connectivity index (χ0n) is 45.3. The van der Waals surface area contributed by atoms with Crippen LogP contribution < -0.4 is 64.8 Å². The standard InChI is InChI=1S/C13H9ClF3NO.C8H10ClNO2.2C7H8ClN.C7H9NO.C7H9N.C6H6ClN.C6H7N/c14-9-2-4-10(5-3-9)19-12-6-1-8(7-11(12)18)13(15,16)17;1-11-7-4-6(10)8(12-2)3-5(7)9;1-5-2-3-6(8)4-7(5)9;1-5-6(8)3-2-4-7(5)9;1-9-7-5-3-2-4-6(7)8;1-6-4-2-3-5-7(6)8;7-5-3-1-2-4-6(5)8;7-6-4-2-1-3-5-6/h1-7H,18H2;3-4H,10H2,1-2H3;2*2-4H,9H2,1H3;2-5H,8H2,1H3;2-5H,8H2,1H3;1-4H,8H2;1-5H,7H2. The van der Waals surface area contributed by atoms with E-state index in [-0.39, 0.29) is 11.4 Å². The van der Waals surface area contributed by atoms with Crippen LogP contribution in [0.3, 0.4) is 0 Å². The predicted octanol–water partition coefficient (Wildman–Crippen LogP) is 17.2. The van der Waals surface area contributed by atoms with Crippen molar-refractivity contribution < 1.29 is 32.1 Å². The maximum absolute atomic E-state index is 12.5. The minimum atomic E-state index is -4.42. The summed E-state index contributed by atoms with van der Waals surface area (Å²) in [6.07, 6.45) is -4.42. The number of para-hydroxylation sites is 5. The normalized spacial score (nSPS) is 9.75. The Balaban J connectivity index is 0.000000324. The van der Waals surface area contributed by atoms with E-state index in [0.717, 1.165) is 62.3 Å². The number of hydrogen-bond donors (Lipinski definition) is 8. The van der Waals surface area contributed by atoms with E-state index in [9.17, 15) is 13.2 Å². The largest absolute Gasteiger partial charge is 0.495 e. The second-order valence-corrected chi connectivity index (χ2v) is 18.6. The highest BCUT2D eigenvalue weighted by Crippen LogP contribution is 2.36. The van der Waals surface area contributed by atoms with Gasteiger partial charge in [0.25, 0.3) is 0 Å². The van der Waals surface area contributed by atoms with Gasteiger partial charge in [-0.3, -0.25) is 0 Å². The molecule has 9 aromatic carbocycles. The molecule has 0 amide bonds. The first-order chi connectivity index (χ1) is 38.3. The summed E-state index contributed by atoms with van der Waals surface area (Å²) in [6.45, 7) is 5.85. The number of methoxy groups -OCH3 is 3. The maximum Gasteiger partial charge on any atom is 0.416 e. The lowest BCUT2D eigenvalue weighted by Crippen LogP contribution is -2.05. The van der Waals surface area contributed by atoms with Crippen molar-refractivity contribution in [2.45, 2.75) is 26.9 Å². The van der Waals surface area contributed by atoms with Crippen LogP contribution in [0, 0.1) is 20.8 Å². The highest BCUT2D eigenvalue weighted by Gasteiger charge is 2.31. The molecule has 9 aromatic rings. The second-order valence-electron chi connectivity index (χ2n) is 16.5. The molecule has 0 spiro atoms. The van der Waals surface area contributed by atoms with Crippen LogP contribution in [-0.4, -0.2) is 21.3 Å². The van der Waals surface area contributed by atoms with Gasteiger partial charge in [-0.2, -0.15) is 13.2 Å². The molecule has 12 nitrogen and oxygen atoms in total. The van der Waals surface area contributed by atoms with Crippen molar-refractivity contribution in [3.8, 4) is 28.7 Å². The van der Waals surface area contributed by atoms with Crippen molar-refractivity contribution in [1.29, 1.82) is 0 Å². The van der Waals surface area contributed by atoms with Gasteiger partial charge in [0, 0.05) is 50.0 Å². The molecule has 20 heteroatoms. The Morgan fingerprint density at radius 2 is 0.840 bits per heavy atom. The van der Waals surface area contributed by atoms with Gasteiger partial charge in [-0.25, -0.2) is 0 Å². The van der Waals surface area contributed by atoms with Crippen LogP contribution in [0.1, 0.15) is 22.3 Å². The molecule has 0 aromatic heterocycles. The third-order valence-electron chi connectivity index (χ3n) is 10.5. The van der Waals surface area contributed by atoms with Gasteiger partial charge in [-0.05, 0) is 147 Å². The topological polar surface area (TPSA) is 245 Å². The average molecular weight is 1210 g/mol. The molecule has 430 valence electrons. The second kappa shape index (κ2) is 36.2. The predicted molar refractivity (Wildman–Crippen MR) is 337 cm³/mol. The molecule has 0 aliphatic carbocycles. The van der Waals surface area contributed by atoms with E-state index < -0.39 is 11.7 Å². The molecule has 0 aliphatic heterocycles. The summed E-state index contributed by atoms with van der Waals surface area (Å²) < 4.78 is 57.6. The molecule has 0 aliphatic rings. The van der Waals surface area contributed by atoms with E-state index in [2.05, 4.69) is 0 Å². The number of halogens is 8. The summed E-state index contributed by atoms with van der Waals surface area (Å²) in [4.78, 5) is 0. The number of nitrogen functional groups attached to an aromatic ring is 8. The smallest absolute Gasteiger partial charge is 0.416 e. The van der Waals surface area contributed by atoms with Crippen LogP contribution in [0.2, 0.25) is 25.1 Å². The van der Waals surface area contributed by atoms with Crippen molar-refractivity contribution in [2.24, 2.45) is 0 Å². The third-order valence-corrected chi connectivity index (χ3v) is 12.0. The zero-order chi connectivity index (χ0) is 60.7. The molecule has 0 fully saturated rings. The van der Waals surface area contributed by atoms with Gasteiger partial charge < -0.3 is 64.8 Å². The fraction of sp³-hybridized carbons (Fsp3) is 0.115. The Kier molecular flexibility index (Phi) is 30.8. The van der Waals surface area contributed by atoms with Gasteiger partial charge in [0.05, 0.1) is 59.7 Å². The molecule has 0 saturated carbocycles. The van der Waals surface area contributed by atoms with Crippen molar-refractivity contribution in [3.05, 3.63) is 241 Å². The van der Waals surface area contributed by atoms with Gasteiger partial charge in [0.2, 0.25) is 0 Å². The zero-order valence-corrected chi connectivity index (χ0v) is 49.0. The lowest BCUT2D eigenvalue weighted by Gasteiger charge is -2.11. The Morgan fingerprint density at radius 1 is 0.346 bits per heavy atom. The quantitative estimate of drug-likeness (QED) is 0.0750. The molecule has 81 heavy (non-hydrogen) atoms. The third kappa shape index (κ3) is 26.6. The fourth-order valence-electron chi connectivity index (χ4n) is 5.75. The molecule has 0 bridgehead atoms. The lowest BCUT2D eigenvalue weighted by molar-refractivity contribution is -0.137. The van der Waals surface area contributed by atoms with Crippen LogP contribution in [0.15, 0.2) is 194 Å². The van der Waals surface area contributed by atoms with E-state index in [4.69, 9.17) is 123 Å². The molecule has 16 N–H and O–H groups in total. The Bertz CT molecular complexity index is 3160. The van der Waals surface area contributed by atoms with Crippen LogP contribution in [0.4, 0.5) is 58.7 Å². The van der Waals surface area contributed by atoms with Gasteiger partial charge in [0.15, 0.2) is 0 Å².